The predicted octanol–water partition coefficient (Wildman–Crippen LogP) is 6.49. The smallest absolute Gasteiger partial charge is 0.124 e. The van der Waals surface area contributed by atoms with Gasteiger partial charge in [0.1, 0.15) is 12.4 Å². The van der Waals surface area contributed by atoms with Crippen molar-refractivity contribution in [1.29, 1.82) is 0 Å². The lowest BCUT2D eigenvalue weighted by Gasteiger charge is -2.15. The minimum atomic E-state index is 0.520. The Balaban J connectivity index is 1.73. The minimum absolute atomic E-state index is 0.520. The van der Waals surface area contributed by atoms with Gasteiger partial charge in [0.2, 0.25) is 0 Å². The van der Waals surface area contributed by atoms with Crippen molar-refractivity contribution >= 4 is 28.9 Å². The second-order valence-electron chi connectivity index (χ2n) is 5.84. The molecular formula is C21H19Cl2NO. The van der Waals surface area contributed by atoms with E-state index in [0.717, 1.165) is 28.1 Å². The summed E-state index contributed by atoms with van der Waals surface area (Å²) in [6.07, 6.45) is 0. The van der Waals surface area contributed by atoms with Crippen molar-refractivity contribution in [2.24, 2.45) is 0 Å². The standard InChI is InChI=1S/C21H19Cl2NO/c1-15-7-8-19(23)12-20(15)24-13-17-11-18(22)9-10-21(17)25-14-16-5-3-2-4-6-16/h2-12,24H,13-14H2,1H3. The molecule has 0 saturated carbocycles. The highest BCUT2D eigenvalue weighted by molar-refractivity contribution is 6.31. The number of nitrogens with one attached hydrogen (secondary N) is 1. The van der Waals surface area contributed by atoms with Gasteiger partial charge in [0.25, 0.3) is 0 Å². The number of hydrogen-bond acceptors (Lipinski definition) is 2. The summed E-state index contributed by atoms with van der Waals surface area (Å²) in [4.78, 5) is 0. The SMILES string of the molecule is Cc1ccc(Cl)cc1NCc1cc(Cl)ccc1OCc1ccccc1. The van der Waals surface area contributed by atoms with E-state index < -0.39 is 0 Å². The van der Waals surface area contributed by atoms with Gasteiger partial charge in [-0.25, -0.2) is 0 Å². The lowest BCUT2D eigenvalue weighted by atomic mass is 10.1. The third-order valence-electron chi connectivity index (χ3n) is 3.93. The number of benzene rings is 3. The molecule has 1 N–H and O–H groups in total. The van der Waals surface area contributed by atoms with Gasteiger partial charge >= 0.3 is 0 Å². The maximum absolute atomic E-state index is 6.17. The molecule has 4 heteroatoms. The molecule has 0 amide bonds. The lowest BCUT2D eigenvalue weighted by Crippen LogP contribution is -2.04. The molecule has 3 rings (SSSR count). The van der Waals surface area contributed by atoms with Crippen molar-refractivity contribution < 1.29 is 4.74 Å². The molecule has 0 unspecified atom stereocenters. The predicted molar refractivity (Wildman–Crippen MR) is 106 cm³/mol. The highest BCUT2D eigenvalue weighted by Gasteiger charge is 2.07. The normalized spacial score (nSPS) is 10.5. The van der Waals surface area contributed by atoms with E-state index in [-0.39, 0.29) is 0 Å². The van der Waals surface area contributed by atoms with Crippen LogP contribution in [0.1, 0.15) is 16.7 Å². The molecule has 0 atom stereocenters. The topological polar surface area (TPSA) is 21.3 Å². The first kappa shape index (κ1) is 17.7. The molecule has 128 valence electrons. The zero-order valence-electron chi connectivity index (χ0n) is 13.9. The Morgan fingerprint density at radius 3 is 2.40 bits per heavy atom. The second kappa shape index (κ2) is 8.28. The Hall–Kier alpha value is -2.16. The monoisotopic (exact) mass is 371 g/mol. The van der Waals surface area contributed by atoms with E-state index in [1.165, 1.54) is 0 Å². The Morgan fingerprint density at radius 2 is 1.60 bits per heavy atom. The number of ether oxygens (including phenoxy) is 1. The summed E-state index contributed by atoms with van der Waals surface area (Å²) in [6.45, 7) is 3.17. The van der Waals surface area contributed by atoms with Gasteiger partial charge in [0, 0.05) is 27.8 Å². The van der Waals surface area contributed by atoms with Gasteiger partial charge in [-0.15, -0.1) is 0 Å². The summed E-state index contributed by atoms with van der Waals surface area (Å²) < 4.78 is 6.00. The lowest BCUT2D eigenvalue weighted by molar-refractivity contribution is 0.303. The molecule has 3 aromatic carbocycles. The van der Waals surface area contributed by atoms with E-state index in [1.54, 1.807) is 0 Å². The summed E-state index contributed by atoms with van der Waals surface area (Å²) in [5.41, 5.74) is 4.27. The van der Waals surface area contributed by atoms with Crippen LogP contribution in [0.4, 0.5) is 5.69 Å². The molecule has 0 aliphatic heterocycles. The molecule has 0 radical (unpaired) electrons. The average Bonchev–Trinajstić information content (AvgIpc) is 2.62. The second-order valence-corrected chi connectivity index (χ2v) is 6.71. The highest BCUT2D eigenvalue weighted by atomic mass is 35.5. The zero-order chi connectivity index (χ0) is 17.6. The Bertz CT molecular complexity index is 850. The van der Waals surface area contributed by atoms with Gasteiger partial charge in [-0.3, -0.25) is 0 Å². The van der Waals surface area contributed by atoms with Gasteiger partial charge in [-0.05, 0) is 48.4 Å². The minimum Gasteiger partial charge on any atom is -0.489 e. The van der Waals surface area contributed by atoms with Crippen LogP contribution in [0.5, 0.6) is 5.75 Å². The van der Waals surface area contributed by atoms with Crippen LogP contribution in [0.3, 0.4) is 0 Å². The van der Waals surface area contributed by atoms with E-state index in [1.807, 2.05) is 73.7 Å². The third-order valence-corrected chi connectivity index (χ3v) is 4.40. The molecule has 0 fully saturated rings. The van der Waals surface area contributed by atoms with Crippen molar-refractivity contribution in [2.75, 3.05) is 5.32 Å². The quantitative estimate of drug-likeness (QED) is 0.534. The van der Waals surface area contributed by atoms with Crippen LogP contribution in [0.25, 0.3) is 0 Å². The number of halogens is 2. The molecule has 0 aliphatic carbocycles. The fourth-order valence-electron chi connectivity index (χ4n) is 2.54. The fourth-order valence-corrected chi connectivity index (χ4v) is 2.90. The molecule has 0 spiro atoms. The Labute approximate surface area is 158 Å². The van der Waals surface area contributed by atoms with Crippen molar-refractivity contribution in [1.82, 2.24) is 0 Å². The van der Waals surface area contributed by atoms with E-state index in [0.29, 0.717) is 23.2 Å². The summed E-state index contributed by atoms with van der Waals surface area (Å²) >= 11 is 12.3. The maximum Gasteiger partial charge on any atom is 0.124 e. The van der Waals surface area contributed by atoms with Crippen LogP contribution in [-0.2, 0) is 13.2 Å². The van der Waals surface area contributed by atoms with Gasteiger partial charge in [0.15, 0.2) is 0 Å². The van der Waals surface area contributed by atoms with Crippen LogP contribution in [0, 0.1) is 6.92 Å². The molecular weight excluding hydrogens is 353 g/mol. The average molecular weight is 372 g/mol. The third kappa shape index (κ3) is 4.91. The summed E-state index contributed by atoms with van der Waals surface area (Å²) in [5.74, 6) is 0.820. The van der Waals surface area contributed by atoms with E-state index in [4.69, 9.17) is 27.9 Å². The molecule has 2 nitrogen and oxygen atoms in total. The van der Waals surface area contributed by atoms with E-state index in [9.17, 15) is 0 Å². The van der Waals surface area contributed by atoms with E-state index >= 15 is 0 Å². The first-order valence-electron chi connectivity index (χ1n) is 8.07. The molecule has 3 aromatic rings. The first-order chi connectivity index (χ1) is 12.1. The molecule has 0 aromatic heterocycles. The van der Waals surface area contributed by atoms with Crippen molar-refractivity contribution in [3.05, 3.63) is 93.5 Å². The van der Waals surface area contributed by atoms with Crippen LogP contribution < -0.4 is 10.1 Å². The molecule has 0 heterocycles. The van der Waals surface area contributed by atoms with Crippen LogP contribution in [0.2, 0.25) is 10.0 Å². The van der Waals surface area contributed by atoms with Gasteiger partial charge < -0.3 is 10.1 Å². The van der Waals surface area contributed by atoms with E-state index in [2.05, 4.69) is 5.32 Å². The fraction of sp³-hybridized carbons (Fsp3) is 0.143. The van der Waals surface area contributed by atoms with Gasteiger partial charge in [-0.2, -0.15) is 0 Å². The van der Waals surface area contributed by atoms with Gasteiger partial charge in [0.05, 0.1) is 0 Å². The van der Waals surface area contributed by atoms with Crippen LogP contribution in [0.15, 0.2) is 66.7 Å². The number of rotatable bonds is 6. The zero-order valence-corrected chi connectivity index (χ0v) is 15.4. The summed E-state index contributed by atoms with van der Waals surface area (Å²) in [5, 5.41) is 4.81. The number of anilines is 1. The number of aryl methyl sites for hydroxylation is 1. The van der Waals surface area contributed by atoms with Crippen LogP contribution in [-0.4, -0.2) is 0 Å². The number of hydrogen-bond donors (Lipinski definition) is 1. The van der Waals surface area contributed by atoms with Gasteiger partial charge in [-0.1, -0.05) is 59.6 Å². The maximum atomic E-state index is 6.17. The summed E-state index contributed by atoms with van der Waals surface area (Å²) in [6, 6.07) is 21.6. The van der Waals surface area contributed by atoms with Crippen LogP contribution >= 0.6 is 23.2 Å². The van der Waals surface area contributed by atoms with Crippen molar-refractivity contribution in [3.8, 4) is 5.75 Å². The van der Waals surface area contributed by atoms with Crippen molar-refractivity contribution in [2.45, 2.75) is 20.1 Å². The molecule has 0 bridgehead atoms. The Morgan fingerprint density at radius 1 is 0.880 bits per heavy atom. The first-order valence-corrected chi connectivity index (χ1v) is 8.82. The molecule has 0 saturated heterocycles. The van der Waals surface area contributed by atoms with Crippen molar-refractivity contribution in [3.63, 3.8) is 0 Å². The highest BCUT2D eigenvalue weighted by Crippen LogP contribution is 2.26. The molecule has 0 aliphatic rings. The summed E-state index contributed by atoms with van der Waals surface area (Å²) in [7, 11) is 0. The molecule has 25 heavy (non-hydrogen) atoms. The largest absolute Gasteiger partial charge is 0.489 e. The Kier molecular flexibility index (Phi) is 5.85.